The van der Waals surface area contributed by atoms with Crippen molar-refractivity contribution in [2.24, 2.45) is 0 Å². The van der Waals surface area contributed by atoms with Gasteiger partial charge in [0.2, 0.25) is 0 Å². The normalized spacial score (nSPS) is 9.50. The zero-order chi connectivity index (χ0) is 10.4. The molecule has 0 unspecified atom stereocenters. The van der Waals surface area contributed by atoms with E-state index >= 15 is 0 Å². The van der Waals surface area contributed by atoms with Gasteiger partial charge in [-0.3, -0.25) is 0 Å². The number of terminal acetylenes is 1. The number of aryl methyl sites for hydroxylation is 1. The van der Waals surface area contributed by atoms with Gasteiger partial charge in [0.15, 0.2) is 0 Å². The Morgan fingerprint density at radius 2 is 2.29 bits per heavy atom. The number of nitrogens with one attached hydrogen (secondary N) is 1. The average molecular weight is 252 g/mol. The minimum absolute atomic E-state index is 0.833. The first-order chi connectivity index (χ1) is 6.74. The molecule has 0 atom stereocenters. The Kier molecular flexibility index (Phi) is 4.55. The topological polar surface area (TPSA) is 12.0 Å². The summed E-state index contributed by atoms with van der Waals surface area (Å²) in [6.45, 7) is 3.01. The van der Waals surface area contributed by atoms with Gasteiger partial charge in [-0.15, -0.1) is 12.3 Å². The maximum absolute atomic E-state index is 5.17. The molecule has 2 heteroatoms. The Morgan fingerprint density at radius 3 is 2.93 bits per heavy atom. The largest absolute Gasteiger partial charge is 0.385 e. The van der Waals surface area contributed by atoms with Crippen molar-refractivity contribution in [2.45, 2.75) is 19.8 Å². The van der Waals surface area contributed by atoms with Gasteiger partial charge in [0.25, 0.3) is 0 Å². The van der Waals surface area contributed by atoms with Crippen LogP contribution in [0.4, 0.5) is 5.69 Å². The molecular weight excluding hydrogens is 238 g/mol. The van der Waals surface area contributed by atoms with Crippen molar-refractivity contribution in [3.05, 3.63) is 28.2 Å². The van der Waals surface area contributed by atoms with Gasteiger partial charge in [-0.1, -0.05) is 22.0 Å². The van der Waals surface area contributed by atoms with Crippen molar-refractivity contribution in [2.75, 3.05) is 11.9 Å². The van der Waals surface area contributed by atoms with Crippen LogP contribution in [-0.4, -0.2) is 6.54 Å². The molecular formula is C12H14BrN. The quantitative estimate of drug-likeness (QED) is 0.638. The molecule has 0 spiro atoms. The predicted molar refractivity (Wildman–Crippen MR) is 65.4 cm³/mol. The molecule has 0 aliphatic rings. The van der Waals surface area contributed by atoms with Gasteiger partial charge in [0.05, 0.1) is 0 Å². The molecule has 1 N–H and O–H groups in total. The highest BCUT2D eigenvalue weighted by Crippen LogP contribution is 2.20. The molecule has 0 saturated heterocycles. The third kappa shape index (κ3) is 3.43. The van der Waals surface area contributed by atoms with Gasteiger partial charge in [0.1, 0.15) is 0 Å². The van der Waals surface area contributed by atoms with Crippen molar-refractivity contribution in [1.29, 1.82) is 0 Å². The molecule has 0 saturated carbocycles. The molecule has 1 aromatic carbocycles. The fourth-order valence-electron chi connectivity index (χ4n) is 1.13. The van der Waals surface area contributed by atoms with Gasteiger partial charge in [-0.05, 0) is 31.0 Å². The van der Waals surface area contributed by atoms with Crippen LogP contribution in [0.1, 0.15) is 18.4 Å². The zero-order valence-corrected chi connectivity index (χ0v) is 9.89. The van der Waals surface area contributed by atoms with Gasteiger partial charge in [0, 0.05) is 23.1 Å². The van der Waals surface area contributed by atoms with Crippen LogP contribution in [0.15, 0.2) is 22.7 Å². The van der Waals surface area contributed by atoms with E-state index in [4.69, 9.17) is 6.42 Å². The third-order valence-electron chi connectivity index (χ3n) is 2.00. The summed E-state index contributed by atoms with van der Waals surface area (Å²) in [5.41, 5.74) is 2.39. The lowest BCUT2D eigenvalue weighted by Gasteiger charge is -2.06. The number of benzene rings is 1. The molecule has 0 heterocycles. The lowest BCUT2D eigenvalue weighted by Crippen LogP contribution is -2.00. The van der Waals surface area contributed by atoms with E-state index in [9.17, 15) is 0 Å². The van der Waals surface area contributed by atoms with Crippen molar-refractivity contribution in [3.8, 4) is 12.3 Å². The summed E-state index contributed by atoms with van der Waals surface area (Å²) in [5.74, 6) is 2.63. The van der Waals surface area contributed by atoms with E-state index in [2.05, 4.69) is 52.3 Å². The molecule has 0 aliphatic carbocycles. The molecule has 0 fully saturated rings. The Bertz CT molecular complexity index is 339. The SMILES string of the molecule is C#CCCCNc1ccc(C)c(Br)c1. The highest BCUT2D eigenvalue weighted by atomic mass is 79.9. The van der Waals surface area contributed by atoms with E-state index in [1.807, 2.05) is 0 Å². The number of halogens is 1. The fourth-order valence-corrected chi connectivity index (χ4v) is 1.50. The Labute approximate surface area is 94.0 Å². The lowest BCUT2D eigenvalue weighted by atomic mass is 10.2. The average Bonchev–Trinajstić information content (AvgIpc) is 2.18. The summed E-state index contributed by atoms with van der Waals surface area (Å²) in [4.78, 5) is 0. The van der Waals surface area contributed by atoms with Crippen LogP contribution >= 0.6 is 15.9 Å². The summed E-state index contributed by atoms with van der Waals surface area (Å²) in [5, 5.41) is 3.32. The summed E-state index contributed by atoms with van der Waals surface area (Å²) in [7, 11) is 0. The number of rotatable bonds is 4. The van der Waals surface area contributed by atoms with Crippen LogP contribution < -0.4 is 5.32 Å². The summed E-state index contributed by atoms with van der Waals surface area (Å²) < 4.78 is 1.14. The van der Waals surface area contributed by atoms with E-state index in [-0.39, 0.29) is 0 Å². The first kappa shape index (κ1) is 11.1. The Morgan fingerprint density at radius 1 is 1.50 bits per heavy atom. The monoisotopic (exact) mass is 251 g/mol. The van der Waals surface area contributed by atoms with Crippen LogP contribution in [-0.2, 0) is 0 Å². The van der Waals surface area contributed by atoms with E-state index in [1.54, 1.807) is 0 Å². The van der Waals surface area contributed by atoms with Crippen molar-refractivity contribution < 1.29 is 0 Å². The fraction of sp³-hybridized carbons (Fsp3) is 0.333. The van der Waals surface area contributed by atoms with Crippen molar-refractivity contribution in [1.82, 2.24) is 0 Å². The van der Waals surface area contributed by atoms with Crippen molar-refractivity contribution >= 4 is 21.6 Å². The predicted octanol–water partition coefficient (Wildman–Crippen LogP) is 3.58. The maximum atomic E-state index is 5.17. The second kappa shape index (κ2) is 5.72. The highest BCUT2D eigenvalue weighted by molar-refractivity contribution is 9.10. The molecule has 1 aromatic rings. The van der Waals surface area contributed by atoms with E-state index in [0.717, 1.165) is 29.5 Å². The van der Waals surface area contributed by atoms with Crippen LogP contribution in [0.3, 0.4) is 0 Å². The first-order valence-electron chi connectivity index (χ1n) is 4.67. The standard InChI is InChI=1S/C12H14BrN/c1-3-4-5-8-14-11-7-6-10(2)12(13)9-11/h1,6-7,9,14H,4-5,8H2,2H3. The molecule has 0 aromatic heterocycles. The second-order valence-corrected chi connectivity index (χ2v) is 4.05. The summed E-state index contributed by atoms with van der Waals surface area (Å²) in [6, 6.07) is 6.26. The number of hydrogen-bond donors (Lipinski definition) is 1. The third-order valence-corrected chi connectivity index (χ3v) is 2.85. The molecule has 0 bridgehead atoms. The van der Waals surface area contributed by atoms with Crippen LogP contribution in [0.2, 0.25) is 0 Å². The molecule has 14 heavy (non-hydrogen) atoms. The smallest absolute Gasteiger partial charge is 0.0351 e. The van der Waals surface area contributed by atoms with Crippen molar-refractivity contribution in [3.63, 3.8) is 0 Å². The molecule has 0 aliphatic heterocycles. The van der Waals surface area contributed by atoms with Gasteiger partial charge < -0.3 is 5.32 Å². The van der Waals surface area contributed by atoms with E-state index in [0.29, 0.717) is 0 Å². The maximum Gasteiger partial charge on any atom is 0.0351 e. The highest BCUT2D eigenvalue weighted by Gasteiger charge is 1.96. The van der Waals surface area contributed by atoms with Gasteiger partial charge in [-0.25, -0.2) is 0 Å². The number of unbranched alkanes of at least 4 members (excludes halogenated alkanes) is 1. The zero-order valence-electron chi connectivity index (χ0n) is 8.31. The van der Waals surface area contributed by atoms with E-state index in [1.165, 1.54) is 5.56 Å². The minimum Gasteiger partial charge on any atom is -0.385 e. The lowest BCUT2D eigenvalue weighted by molar-refractivity contribution is 0.907. The molecule has 0 radical (unpaired) electrons. The van der Waals surface area contributed by atoms with Crippen LogP contribution in [0, 0.1) is 19.3 Å². The number of anilines is 1. The molecule has 1 rings (SSSR count). The van der Waals surface area contributed by atoms with Gasteiger partial charge in [-0.2, -0.15) is 0 Å². The molecule has 0 amide bonds. The van der Waals surface area contributed by atoms with Crippen LogP contribution in [0.5, 0.6) is 0 Å². The first-order valence-corrected chi connectivity index (χ1v) is 5.47. The molecule has 74 valence electrons. The minimum atomic E-state index is 0.833. The summed E-state index contributed by atoms with van der Waals surface area (Å²) in [6.07, 6.45) is 7.02. The number of hydrogen-bond acceptors (Lipinski definition) is 1. The van der Waals surface area contributed by atoms with Crippen LogP contribution in [0.25, 0.3) is 0 Å². The van der Waals surface area contributed by atoms with E-state index < -0.39 is 0 Å². The summed E-state index contributed by atoms with van der Waals surface area (Å²) >= 11 is 3.50. The Balaban J connectivity index is 2.44. The Hall–Kier alpha value is -0.940. The molecule has 1 nitrogen and oxygen atoms in total. The second-order valence-electron chi connectivity index (χ2n) is 3.20. The van der Waals surface area contributed by atoms with Gasteiger partial charge >= 0.3 is 0 Å².